The van der Waals surface area contributed by atoms with E-state index in [0.717, 1.165) is 13.0 Å². The highest BCUT2D eigenvalue weighted by atomic mass is 16.4. The zero-order valence-electron chi connectivity index (χ0n) is 12.7. The zero-order chi connectivity index (χ0) is 15.2. The first-order valence-corrected chi connectivity index (χ1v) is 7.06. The van der Waals surface area contributed by atoms with Gasteiger partial charge in [-0.25, -0.2) is 4.98 Å². The molecule has 0 saturated carbocycles. The first-order valence-electron chi connectivity index (χ1n) is 7.06. The molecule has 0 aliphatic heterocycles. The Morgan fingerprint density at radius 1 is 1.29 bits per heavy atom. The van der Waals surface area contributed by atoms with E-state index in [0.29, 0.717) is 23.9 Å². The van der Waals surface area contributed by atoms with E-state index in [1.165, 1.54) is 5.69 Å². The van der Waals surface area contributed by atoms with Crippen molar-refractivity contribution >= 4 is 11.6 Å². The summed E-state index contributed by atoms with van der Waals surface area (Å²) in [5, 5.41) is 2.87. The lowest BCUT2D eigenvalue weighted by atomic mass is 10.3. The maximum Gasteiger partial charge on any atom is 0.273 e. The minimum absolute atomic E-state index is 0.174. The number of para-hydroxylation sites is 1. The number of anilines is 1. The van der Waals surface area contributed by atoms with Gasteiger partial charge in [-0.05, 0) is 25.5 Å². The van der Waals surface area contributed by atoms with Gasteiger partial charge in [0, 0.05) is 32.7 Å². The Morgan fingerprint density at radius 3 is 2.62 bits per heavy atom. The van der Waals surface area contributed by atoms with Crippen molar-refractivity contribution in [3.05, 3.63) is 47.7 Å². The molecular weight excluding hydrogens is 266 g/mol. The Labute approximate surface area is 125 Å². The summed E-state index contributed by atoms with van der Waals surface area (Å²) in [5.41, 5.74) is 1.55. The summed E-state index contributed by atoms with van der Waals surface area (Å²) >= 11 is 0. The third kappa shape index (κ3) is 4.08. The molecule has 2 rings (SSSR count). The van der Waals surface area contributed by atoms with Gasteiger partial charge in [-0.15, -0.1) is 0 Å². The van der Waals surface area contributed by atoms with Gasteiger partial charge in [-0.2, -0.15) is 0 Å². The summed E-state index contributed by atoms with van der Waals surface area (Å²) < 4.78 is 5.26. The molecule has 0 saturated heterocycles. The molecule has 0 aliphatic rings. The maximum atomic E-state index is 11.9. The zero-order valence-corrected chi connectivity index (χ0v) is 12.7. The van der Waals surface area contributed by atoms with Crippen LogP contribution in [0.2, 0.25) is 0 Å². The monoisotopic (exact) mass is 287 g/mol. The van der Waals surface area contributed by atoms with Gasteiger partial charge in [-0.3, -0.25) is 4.79 Å². The van der Waals surface area contributed by atoms with Gasteiger partial charge in [0.15, 0.2) is 11.6 Å². The number of aryl methyl sites for hydroxylation is 2. The summed E-state index contributed by atoms with van der Waals surface area (Å²) in [6.45, 7) is 4.97. The van der Waals surface area contributed by atoms with Crippen molar-refractivity contribution < 1.29 is 9.21 Å². The number of hydrogen-bond acceptors (Lipinski definition) is 4. The van der Waals surface area contributed by atoms with Gasteiger partial charge in [0.05, 0.1) is 0 Å². The molecule has 1 N–H and O–H groups in total. The molecule has 0 aliphatic carbocycles. The number of amides is 1. The summed E-state index contributed by atoms with van der Waals surface area (Å²) in [6.07, 6.45) is 0.868. The van der Waals surface area contributed by atoms with E-state index in [4.69, 9.17) is 4.42 Å². The molecule has 0 unspecified atom stereocenters. The first kappa shape index (κ1) is 15.1. The van der Waals surface area contributed by atoms with Crippen molar-refractivity contribution in [3.63, 3.8) is 0 Å². The second-order valence-electron chi connectivity index (χ2n) is 5.00. The normalized spacial score (nSPS) is 10.4. The number of nitrogens with zero attached hydrogens (tertiary/aromatic N) is 2. The van der Waals surface area contributed by atoms with Crippen LogP contribution >= 0.6 is 0 Å². The van der Waals surface area contributed by atoms with Crippen molar-refractivity contribution in [2.45, 2.75) is 20.3 Å². The van der Waals surface area contributed by atoms with Crippen molar-refractivity contribution in [1.29, 1.82) is 0 Å². The molecule has 0 fully saturated rings. The van der Waals surface area contributed by atoms with Gasteiger partial charge < -0.3 is 14.6 Å². The number of oxazole rings is 1. The molecular formula is C16H21N3O2. The van der Waals surface area contributed by atoms with Crippen LogP contribution < -0.4 is 10.2 Å². The Bertz CT molecular complexity index is 593. The number of aromatic nitrogens is 1. The minimum atomic E-state index is -0.174. The van der Waals surface area contributed by atoms with Gasteiger partial charge in [0.1, 0.15) is 5.76 Å². The average molecular weight is 287 g/mol. The Morgan fingerprint density at radius 2 is 2.00 bits per heavy atom. The summed E-state index contributed by atoms with van der Waals surface area (Å²) in [4.78, 5) is 18.2. The molecule has 0 radical (unpaired) electrons. The molecule has 0 atom stereocenters. The summed E-state index contributed by atoms with van der Waals surface area (Å²) in [7, 11) is 2.04. The lowest BCUT2D eigenvalue weighted by molar-refractivity contribution is 0.0947. The molecule has 112 valence electrons. The molecule has 1 amide bonds. The highest BCUT2D eigenvalue weighted by molar-refractivity contribution is 5.93. The Kier molecular flexibility index (Phi) is 4.98. The third-order valence-electron chi connectivity index (χ3n) is 3.27. The van der Waals surface area contributed by atoms with Crippen LogP contribution in [0.25, 0.3) is 0 Å². The summed E-state index contributed by atoms with van der Waals surface area (Å²) in [5.74, 6) is 0.902. The van der Waals surface area contributed by atoms with E-state index in [-0.39, 0.29) is 5.91 Å². The number of carbonyl (C=O) groups is 1. The quantitative estimate of drug-likeness (QED) is 0.830. The maximum absolute atomic E-state index is 11.9. The number of hydrogen-bond donors (Lipinski definition) is 1. The van der Waals surface area contributed by atoms with E-state index >= 15 is 0 Å². The van der Waals surface area contributed by atoms with Crippen molar-refractivity contribution in [3.8, 4) is 0 Å². The number of carbonyl (C=O) groups excluding carboxylic acids is 1. The molecule has 2 aromatic rings. The van der Waals surface area contributed by atoms with Crippen LogP contribution in [0.4, 0.5) is 5.69 Å². The van der Waals surface area contributed by atoms with E-state index in [2.05, 4.69) is 27.3 Å². The lowest BCUT2D eigenvalue weighted by Gasteiger charge is -2.19. The van der Waals surface area contributed by atoms with E-state index in [9.17, 15) is 4.79 Å². The van der Waals surface area contributed by atoms with Crippen LogP contribution in [0.5, 0.6) is 0 Å². The van der Waals surface area contributed by atoms with Gasteiger partial charge in [-0.1, -0.05) is 18.2 Å². The van der Waals surface area contributed by atoms with E-state index in [1.807, 2.05) is 25.2 Å². The number of rotatable bonds is 6. The smallest absolute Gasteiger partial charge is 0.273 e. The van der Waals surface area contributed by atoms with E-state index in [1.54, 1.807) is 13.8 Å². The van der Waals surface area contributed by atoms with Crippen LogP contribution in [-0.4, -0.2) is 31.0 Å². The van der Waals surface area contributed by atoms with E-state index < -0.39 is 0 Å². The molecule has 5 nitrogen and oxygen atoms in total. The second kappa shape index (κ2) is 6.92. The number of benzene rings is 1. The fraction of sp³-hybridized carbons (Fsp3) is 0.375. The lowest BCUT2D eigenvalue weighted by Crippen LogP contribution is -2.28. The predicted octanol–water partition coefficient (Wildman–Crippen LogP) is 2.55. The fourth-order valence-electron chi connectivity index (χ4n) is 2.15. The first-order chi connectivity index (χ1) is 10.1. The predicted molar refractivity (Wildman–Crippen MR) is 82.6 cm³/mol. The molecule has 1 aromatic carbocycles. The van der Waals surface area contributed by atoms with Crippen molar-refractivity contribution in [2.75, 3.05) is 25.0 Å². The van der Waals surface area contributed by atoms with Crippen molar-refractivity contribution in [2.24, 2.45) is 0 Å². The number of nitrogens with one attached hydrogen (secondary N) is 1. The van der Waals surface area contributed by atoms with Crippen LogP contribution in [0.15, 0.2) is 34.7 Å². The highest BCUT2D eigenvalue weighted by Gasteiger charge is 2.14. The van der Waals surface area contributed by atoms with Crippen LogP contribution in [-0.2, 0) is 0 Å². The summed E-state index contributed by atoms with van der Waals surface area (Å²) in [6, 6.07) is 10.2. The molecule has 0 bridgehead atoms. The largest absolute Gasteiger partial charge is 0.445 e. The van der Waals surface area contributed by atoms with Crippen LogP contribution in [0.3, 0.4) is 0 Å². The molecule has 21 heavy (non-hydrogen) atoms. The molecule has 1 heterocycles. The SMILES string of the molecule is Cc1nc(C(=O)NCCCN(C)c2ccccc2)c(C)o1. The third-order valence-corrected chi connectivity index (χ3v) is 3.27. The Balaban J connectivity index is 1.75. The van der Waals surface area contributed by atoms with Gasteiger partial charge in [0.25, 0.3) is 5.91 Å². The molecule has 5 heteroatoms. The topological polar surface area (TPSA) is 58.4 Å². The van der Waals surface area contributed by atoms with Gasteiger partial charge >= 0.3 is 0 Å². The molecule has 0 spiro atoms. The minimum Gasteiger partial charge on any atom is -0.445 e. The molecule has 1 aromatic heterocycles. The van der Waals surface area contributed by atoms with Crippen molar-refractivity contribution in [1.82, 2.24) is 10.3 Å². The van der Waals surface area contributed by atoms with Crippen LogP contribution in [0.1, 0.15) is 28.6 Å². The van der Waals surface area contributed by atoms with Gasteiger partial charge in [0.2, 0.25) is 0 Å². The fourth-order valence-corrected chi connectivity index (χ4v) is 2.15. The highest BCUT2D eigenvalue weighted by Crippen LogP contribution is 2.11. The second-order valence-corrected chi connectivity index (χ2v) is 5.00. The standard InChI is InChI=1S/C16H21N3O2/c1-12-15(18-13(2)21-12)16(20)17-10-7-11-19(3)14-8-5-4-6-9-14/h4-6,8-9H,7,10-11H2,1-3H3,(H,17,20). The average Bonchev–Trinajstić information content (AvgIpc) is 2.83. The Hall–Kier alpha value is -2.30. The van der Waals surface area contributed by atoms with Crippen LogP contribution in [0, 0.1) is 13.8 Å².